The van der Waals surface area contributed by atoms with Crippen LogP contribution < -0.4 is 27.0 Å². The molecule has 3 heterocycles. The fraction of sp³-hybridized carbons (Fsp3) is 0.300. The number of aromatic nitrogens is 1. The predicted molar refractivity (Wildman–Crippen MR) is 119 cm³/mol. The Morgan fingerprint density at radius 2 is 2.00 bits per heavy atom. The van der Waals surface area contributed by atoms with Crippen molar-refractivity contribution >= 4 is 34.7 Å². The largest absolute Gasteiger partial charge is 0.397 e. The van der Waals surface area contributed by atoms with E-state index in [-0.39, 0.29) is 34.5 Å². The lowest BCUT2D eigenvalue weighted by atomic mass is 9.94. The predicted octanol–water partition coefficient (Wildman–Crippen LogP) is 1.96. The molecule has 2 aromatic rings. The van der Waals surface area contributed by atoms with Crippen LogP contribution in [-0.2, 0) is 0 Å². The molecule has 162 valence electrons. The molecular weight excluding hydrogens is 412 g/mol. The zero-order valence-electron chi connectivity index (χ0n) is 17.0. The fourth-order valence-electron chi connectivity index (χ4n) is 4.08. The Morgan fingerprint density at radius 1 is 1.25 bits per heavy atom. The van der Waals surface area contributed by atoms with Gasteiger partial charge in [-0.15, -0.1) is 0 Å². The van der Waals surface area contributed by atoms with Crippen LogP contribution in [0.3, 0.4) is 0 Å². The van der Waals surface area contributed by atoms with Crippen molar-refractivity contribution in [2.75, 3.05) is 34.8 Å². The summed E-state index contributed by atoms with van der Waals surface area (Å²) in [6.07, 6.45) is 4.84. The van der Waals surface area contributed by atoms with Gasteiger partial charge in [-0.05, 0) is 30.9 Å². The lowest BCUT2D eigenvalue weighted by Crippen LogP contribution is -2.33. The first kappa shape index (κ1) is 20.7. The van der Waals surface area contributed by atoms with Gasteiger partial charge >= 0.3 is 0 Å². The molecule has 32 heavy (non-hydrogen) atoms. The lowest BCUT2D eigenvalue weighted by Gasteiger charge is -2.29. The molecule has 2 aliphatic heterocycles. The number of nitrogens with two attached hydrogens (primary N) is 2. The van der Waals surface area contributed by atoms with Crippen molar-refractivity contribution in [2.24, 2.45) is 4.99 Å². The van der Waals surface area contributed by atoms with Gasteiger partial charge in [-0.1, -0.05) is 6.07 Å². The van der Waals surface area contributed by atoms with Crippen molar-refractivity contribution in [1.29, 1.82) is 10.5 Å². The van der Waals surface area contributed by atoms with E-state index in [2.05, 4.69) is 20.6 Å². The Morgan fingerprint density at radius 3 is 2.66 bits per heavy atom. The third-order valence-corrected chi connectivity index (χ3v) is 5.57. The molecule has 0 spiro atoms. The van der Waals surface area contributed by atoms with Crippen LogP contribution in [0.4, 0.5) is 28.7 Å². The van der Waals surface area contributed by atoms with E-state index in [1.165, 1.54) is 6.07 Å². The number of nitriles is 2. The highest BCUT2D eigenvalue weighted by molar-refractivity contribution is 5.98. The Kier molecular flexibility index (Phi) is 5.35. The first-order chi connectivity index (χ1) is 15.4. The van der Waals surface area contributed by atoms with Crippen LogP contribution in [-0.4, -0.2) is 29.0 Å². The number of hydrogen-bond donors (Lipinski definition) is 4. The van der Waals surface area contributed by atoms with E-state index in [9.17, 15) is 15.4 Å². The van der Waals surface area contributed by atoms with Crippen LogP contribution in [0.1, 0.15) is 42.0 Å². The summed E-state index contributed by atoms with van der Waals surface area (Å²) in [6, 6.07) is 6.00. The highest BCUT2D eigenvalue weighted by Crippen LogP contribution is 2.42. The molecule has 2 aliphatic rings. The summed E-state index contributed by atoms with van der Waals surface area (Å²) >= 11 is 0. The van der Waals surface area contributed by atoms with Gasteiger partial charge in [0.15, 0.2) is 6.19 Å². The minimum atomic E-state index is -0.837. The van der Waals surface area contributed by atoms with Crippen LogP contribution in [0.5, 0.6) is 0 Å². The second-order valence-electron chi connectivity index (χ2n) is 7.45. The molecule has 0 saturated carbocycles. The number of anilines is 4. The minimum absolute atomic E-state index is 0.00174. The Hall–Kier alpha value is -4.58. The van der Waals surface area contributed by atoms with Crippen molar-refractivity contribution in [1.82, 2.24) is 10.3 Å². The van der Waals surface area contributed by atoms with Gasteiger partial charge in [-0.3, -0.25) is 15.4 Å². The van der Waals surface area contributed by atoms with Gasteiger partial charge < -0.3 is 21.7 Å². The van der Waals surface area contributed by atoms with Crippen molar-refractivity contribution in [3.8, 4) is 12.3 Å². The zero-order valence-corrected chi connectivity index (χ0v) is 17.0. The summed E-state index contributed by atoms with van der Waals surface area (Å²) in [7, 11) is 0. The molecule has 0 radical (unpaired) electrons. The zero-order chi connectivity index (χ0) is 22.8. The first-order valence-corrected chi connectivity index (χ1v) is 9.96. The highest BCUT2D eigenvalue weighted by Gasteiger charge is 2.31. The molecule has 1 atom stereocenters. The SMILES string of the molecule is N#CNC1=NC(c2ccc(N3CCCCC3)c([N+](=O)[O-])c2)c2c(nc(N)c(C#N)c2N)N1. The molecule has 4 rings (SSSR count). The summed E-state index contributed by atoms with van der Waals surface area (Å²) < 4.78 is 0. The van der Waals surface area contributed by atoms with E-state index in [4.69, 9.17) is 16.7 Å². The van der Waals surface area contributed by atoms with Crippen molar-refractivity contribution in [3.05, 3.63) is 45.0 Å². The van der Waals surface area contributed by atoms with Crippen LogP contribution in [0.25, 0.3) is 0 Å². The number of nitrogens with zero attached hydrogens (tertiary/aromatic N) is 6. The molecule has 12 nitrogen and oxygen atoms in total. The minimum Gasteiger partial charge on any atom is -0.397 e. The summed E-state index contributed by atoms with van der Waals surface area (Å²) in [5.74, 6) is 0.239. The van der Waals surface area contributed by atoms with Gasteiger partial charge in [-0.2, -0.15) is 10.5 Å². The summed E-state index contributed by atoms with van der Waals surface area (Å²) in [5.41, 5.74) is 13.5. The van der Waals surface area contributed by atoms with E-state index >= 15 is 0 Å². The topological polar surface area (TPSA) is 195 Å². The highest BCUT2D eigenvalue weighted by atomic mass is 16.6. The maximum atomic E-state index is 11.9. The lowest BCUT2D eigenvalue weighted by molar-refractivity contribution is -0.384. The van der Waals surface area contributed by atoms with E-state index in [0.29, 0.717) is 16.8 Å². The number of piperidine rings is 1. The van der Waals surface area contributed by atoms with Gasteiger partial charge in [0.05, 0.1) is 10.6 Å². The molecule has 1 fully saturated rings. The number of guanidine groups is 1. The molecule has 1 aromatic heterocycles. The molecule has 1 saturated heterocycles. The summed E-state index contributed by atoms with van der Waals surface area (Å²) in [5, 5.41) is 35.6. The second-order valence-corrected chi connectivity index (χ2v) is 7.45. The average Bonchev–Trinajstić information content (AvgIpc) is 2.79. The van der Waals surface area contributed by atoms with E-state index < -0.39 is 11.0 Å². The number of nitrogen functional groups attached to an aromatic ring is 2. The third kappa shape index (κ3) is 3.54. The van der Waals surface area contributed by atoms with Crippen molar-refractivity contribution < 1.29 is 4.92 Å². The summed E-state index contributed by atoms with van der Waals surface area (Å²) in [4.78, 5) is 22.1. The van der Waals surface area contributed by atoms with E-state index in [1.54, 1.807) is 18.3 Å². The quantitative estimate of drug-likeness (QED) is 0.241. The van der Waals surface area contributed by atoms with Crippen LogP contribution in [0.2, 0.25) is 0 Å². The van der Waals surface area contributed by atoms with Crippen molar-refractivity contribution in [2.45, 2.75) is 25.3 Å². The molecule has 12 heteroatoms. The Balaban J connectivity index is 1.87. The summed E-state index contributed by atoms with van der Waals surface area (Å²) in [6.45, 7) is 1.51. The molecule has 1 aromatic carbocycles. The van der Waals surface area contributed by atoms with Gasteiger partial charge in [0.2, 0.25) is 5.96 Å². The molecule has 0 aliphatic carbocycles. The molecule has 1 unspecified atom stereocenters. The van der Waals surface area contributed by atoms with Gasteiger partial charge in [0.25, 0.3) is 5.69 Å². The van der Waals surface area contributed by atoms with Gasteiger partial charge in [-0.25, -0.2) is 9.98 Å². The third-order valence-electron chi connectivity index (χ3n) is 5.57. The van der Waals surface area contributed by atoms with E-state index in [1.807, 2.05) is 11.0 Å². The van der Waals surface area contributed by atoms with Crippen molar-refractivity contribution in [3.63, 3.8) is 0 Å². The number of hydrogen-bond acceptors (Lipinski definition) is 11. The maximum absolute atomic E-state index is 11.9. The first-order valence-electron chi connectivity index (χ1n) is 9.96. The number of nitro benzene ring substituents is 1. The molecule has 0 amide bonds. The number of fused-ring (bicyclic) bond motifs is 1. The number of benzene rings is 1. The van der Waals surface area contributed by atoms with Crippen LogP contribution in [0, 0.1) is 32.9 Å². The Bertz CT molecular complexity index is 1200. The number of aliphatic imine (C=N–C) groups is 1. The monoisotopic (exact) mass is 432 g/mol. The molecule has 6 N–H and O–H groups in total. The number of nitrogens with one attached hydrogen (secondary N) is 2. The smallest absolute Gasteiger partial charge is 0.292 e. The maximum Gasteiger partial charge on any atom is 0.292 e. The standard InChI is InChI=1S/C20H20N10O2/c21-9-12-16(23)15-17(26-20(25-10-22)28-19(15)27-18(12)24)11-4-5-13(14(8-11)30(31)32)29-6-2-1-3-7-29/h4-5,8,17H,1-3,6-7H2,(H6,23,24,25,26,27,28). The second kappa shape index (κ2) is 8.28. The normalized spacial score (nSPS) is 17.2. The number of nitro groups is 1. The Labute approximate surface area is 183 Å². The van der Waals surface area contributed by atoms with Crippen LogP contribution in [0.15, 0.2) is 23.2 Å². The number of pyridine rings is 1. The number of rotatable bonds is 3. The average molecular weight is 432 g/mol. The van der Waals surface area contributed by atoms with Gasteiger partial charge in [0.1, 0.15) is 35.0 Å². The molecule has 0 bridgehead atoms. The fourth-order valence-corrected chi connectivity index (χ4v) is 4.08. The van der Waals surface area contributed by atoms with Gasteiger partial charge in [0, 0.05) is 24.7 Å². The van der Waals surface area contributed by atoms with E-state index in [0.717, 1.165) is 32.4 Å². The molecular formula is C20H20N10O2. The van der Waals surface area contributed by atoms with Crippen LogP contribution >= 0.6 is 0 Å².